The summed E-state index contributed by atoms with van der Waals surface area (Å²) in [5.74, 6) is -1.59. The van der Waals surface area contributed by atoms with Gasteiger partial charge in [0, 0.05) is 18.4 Å². The van der Waals surface area contributed by atoms with Crippen molar-refractivity contribution >= 4 is 0 Å². The Morgan fingerprint density at radius 3 is 2.35 bits per heavy atom. The van der Waals surface area contributed by atoms with Crippen LogP contribution < -0.4 is 5.32 Å². The summed E-state index contributed by atoms with van der Waals surface area (Å²) in [5.41, 5.74) is 1.97. The third kappa shape index (κ3) is 4.10. The number of hydrogen-bond donors (Lipinski definition) is 1. The lowest BCUT2D eigenvalue weighted by Crippen LogP contribution is -2.33. The maximum atomic E-state index is 13.2. The lowest BCUT2D eigenvalue weighted by Gasteiger charge is -2.18. The number of nitrogens with one attached hydrogen (secondary N) is 1. The maximum absolute atomic E-state index is 13.2. The molecule has 20 heavy (non-hydrogen) atoms. The molecule has 0 saturated heterocycles. The van der Waals surface area contributed by atoms with Crippen LogP contribution in [0.2, 0.25) is 0 Å². The molecule has 0 aliphatic carbocycles. The van der Waals surface area contributed by atoms with Gasteiger partial charge in [-0.3, -0.25) is 4.98 Å². The second-order valence-electron chi connectivity index (χ2n) is 4.77. The van der Waals surface area contributed by atoms with Crippen molar-refractivity contribution in [3.8, 4) is 0 Å². The van der Waals surface area contributed by atoms with E-state index >= 15 is 0 Å². The van der Waals surface area contributed by atoms with E-state index in [1.54, 1.807) is 18.5 Å². The minimum atomic E-state index is -0.803. The smallest absolute Gasteiger partial charge is 0.159 e. The average molecular weight is 276 g/mol. The monoisotopic (exact) mass is 276 g/mol. The lowest BCUT2D eigenvalue weighted by atomic mass is 9.99. The van der Waals surface area contributed by atoms with Crippen molar-refractivity contribution in [2.45, 2.75) is 25.8 Å². The van der Waals surface area contributed by atoms with Gasteiger partial charge in [0.2, 0.25) is 0 Å². The SMILES string of the molecule is CCNC(Cc1ccncc1)Cc1ccc(F)c(F)c1. The van der Waals surface area contributed by atoms with Crippen LogP contribution in [0.25, 0.3) is 0 Å². The second-order valence-corrected chi connectivity index (χ2v) is 4.77. The Labute approximate surface area is 117 Å². The van der Waals surface area contributed by atoms with Gasteiger partial charge in [0.25, 0.3) is 0 Å². The van der Waals surface area contributed by atoms with E-state index in [1.807, 2.05) is 19.1 Å². The van der Waals surface area contributed by atoms with Gasteiger partial charge in [-0.05, 0) is 54.8 Å². The highest BCUT2D eigenvalue weighted by Gasteiger charge is 2.11. The number of hydrogen-bond acceptors (Lipinski definition) is 2. The van der Waals surface area contributed by atoms with Crippen LogP contribution in [0.1, 0.15) is 18.1 Å². The van der Waals surface area contributed by atoms with Gasteiger partial charge in [0.05, 0.1) is 0 Å². The Hall–Kier alpha value is -1.81. The van der Waals surface area contributed by atoms with Crippen LogP contribution in [-0.2, 0) is 12.8 Å². The standard InChI is InChI=1S/C16H18F2N2/c1-2-20-14(9-12-5-7-19-8-6-12)10-13-3-4-15(17)16(18)11-13/h3-8,11,14,20H,2,9-10H2,1H3. The Morgan fingerprint density at radius 1 is 1.00 bits per heavy atom. The molecule has 1 aromatic heterocycles. The second kappa shape index (κ2) is 7.10. The molecule has 0 radical (unpaired) electrons. The number of likely N-dealkylation sites (N-methyl/N-ethyl adjacent to an activating group) is 1. The van der Waals surface area contributed by atoms with Crippen molar-refractivity contribution < 1.29 is 8.78 Å². The molecule has 0 spiro atoms. The quantitative estimate of drug-likeness (QED) is 0.877. The molecule has 0 bridgehead atoms. The van der Waals surface area contributed by atoms with Crippen molar-refractivity contribution in [2.75, 3.05) is 6.54 Å². The average Bonchev–Trinajstić information content (AvgIpc) is 2.44. The van der Waals surface area contributed by atoms with Crippen LogP contribution in [0, 0.1) is 11.6 Å². The van der Waals surface area contributed by atoms with Crippen molar-refractivity contribution in [1.82, 2.24) is 10.3 Å². The molecule has 1 unspecified atom stereocenters. The van der Waals surface area contributed by atoms with E-state index < -0.39 is 11.6 Å². The molecule has 1 aromatic carbocycles. The van der Waals surface area contributed by atoms with Crippen molar-refractivity contribution in [3.63, 3.8) is 0 Å². The molecule has 0 amide bonds. The van der Waals surface area contributed by atoms with Crippen LogP contribution in [0.5, 0.6) is 0 Å². The topological polar surface area (TPSA) is 24.9 Å². The van der Waals surface area contributed by atoms with Gasteiger partial charge < -0.3 is 5.32 Å². The molecular formula is C16H18F2N2. The first-order chi connectivity index (χ1) is 9.69. The van der Waals surface area contributed by atoms with Crippen LogP contribution >= 0.6 is 0 Å². The fraction of sp³-hybridized carbons (Fsp3) is 0.312. The molecule has 1 heterocycles. The predicted molar refractivity (Wildman–Crippen MR) is 75.5 cm³/mol. The van der Waals surface area contributed by atoms with Crippen molar-refractivity contribution in [1.29, 1.82) is 0 Å². The highest BCUT2D eigenvalue weighted by molar-refractivity contribution is 5.20. The van der Waals surface area contributed by atoms with Crippen molar-refractivity contribution in [3.05, 3.63) is 65.5 Å². The summed E-state index contributed by atoms with van der Waals surface area (Å²) in [6, 6.07) is 8.21. The normalized spacial score (nSPS) is 12.3. The van der Waals surface area contributed by atoms with E-state index in [9.17, 15) is 8.78 Å². The highest BCUT2D eigenvalue weighted by Crippen LogP contribution is 2.12. The Bertz CT molecular complexity index is 543. The van der Waals surface area contributed by atoms with Gasteiger partial charge in [-0.1, -0.05) is 13.0 Å². The number of aromatic nitrogens is 1. The first-order valence-corrected chi connectivity index (χ1v) is 6.75. The summed E-state index contributed by atoms with van der Waals surface area (Å²) in [7, 11) is 0. The molecule has 2 rings (SSSR count). The van der Waals surface area contributed by atoms with E-state index in [4.69, 9.17) is 0 Å². The maximum Gasteiger partial charge on any atom is 0.159 e. The summed E-state index contributed by atoms with van der Waals surface area (Å²) in [6.45, 7) is 2.87. The highest BCUT2D eigenvalue weighted by atomic mass is 19.2. The molecule has 0 fully saturated rings. The largest absolute Gasteiger partial charge is 0.314 e. The molecular weight excluding hydrogens is 258 g/mol. The van der Waals surface area contributed by atoms with Gasteiger partial charge >= 0.3 is 0 Å². The summed E-state index contributed by atoms with van der Waals surface area (Å²) >= 11 is 0. The van der Waals surface area contributed by atoms with Crippen molar-refractivity contribution in [2.24, 2.45) is 0 Å². The van der Waals surface area contributed by atoms with Gasteiger partial charge in [0.15, 0.2) is 11.6 Å². The molecule has 0 aliphatic heterocycles. The van der Waals surface area contributed by atoms with E-state index in [1.165, 1.54) is 17.7 Å². The zero-order valence-electron chi connectivity index (χ0n) is 11.4. The first-order valence-electron chi connectivity index (χ1n) is 6.75. The molecule has 2 aromatic rings. The summed E-state index contributed by atoms with van der Waals surface area (Å²) in [6.07, 6.45) is 5.01. The Balaban J connectivity index is 2.06. The zero-order valence-corrected chi connectivity index (χ0v) is 11.4. The van der Waals surface area contributed by atoms with E-state index in [-0.39, 0.29) is 6.04 Å². The Morgan fingerprint density at radius 2 is 1.70 bits per heavy atom. The van der Waals surface area contributed by atoms with E-state index in [0.29, 0.717) is 6.42 Å². The number of rotatable bonds is 6. The summed E-state index contributed by atoms with van der Waals surface area (Å²) < 4.78 is 26.2. The lowest BCUT2D eigenvalue weighted by molar-refractivity contribution is 0.498. The van der Waals surface area contributed by atoms with E-state index in [2.05, 4.69) is 10.3 Å². The van der Waals surface area contributed by atoms with Crippen LogP contribution in [0.4, 0.5) is 8.78 Å². The predicted octanol–water partition coefficient (Wildman–Crippen LogP) is 3.12. The van der Waals surface area contributed by atoms with Gasteiger partial charge in [-0.25, -0.2) is 8.78 Å². The molecule has 0 aliphatic rings. The van der Waals surface area contributed by atoms with Gasteiger partial charge in [-0.15, -0.1) is 0 Å². The fourth-order valence-electron chi connectivity index (χ4n) is 2.26. The first kappa shape index (κ1) is 14.6. The fourth-order valence-corrected chi connectivity index (χ4v) is 2.26. The Kier molecular flexibility index (Phi) is 5.18. The van der Waals surface area contributed by atoms with Gasteiger partial charge in [0.1, 0.15) is 0 Å². The molecule has 1 N–H and O–H groups in total. The summed E-state index contributed by atoms with van der Waals surface area (Å²) in [4.78, 5) is 3.99. The number of nitrogens with zero attached hydrogens (tertiary/aromatic N) is 1. The van der Waals surface area contributed by atoms with E-state index in [0.717, 1.165) is 18.5 Å². The molecule has 1 atom stereocenters. The molecule has 106 valence electrons. The summed E-state index contributed by atoms with van der Waals surface area (Å²) in [5, 5.41) is 3.38. The minimum Gasteiger partial charge on any atom is -0.314 e. The van der Waals surface area contributed by atoms with Crippen LogP contribution in [0.3, 0.4) is 0 Å². The molecule has 4 heteroatoms. The third-order valence-electron chi connectivity index (χ3n) is 3.19. The number of benzene rings is 1. The zero-order chi connectivity index (χ0) is 14.4. The number of halogens is 2. The molecule has 2 nitrogen and oxygen atoms in total. The van der Waals surface area contributed by atoms with Gasteiger partial charge in [-0.2, -0.15) is 0 Å². The third-order valence-corrected chi connectivity index (χ3v) is 3.19. The minimum absolute atomic E-state index is 0.187. The van der Waals surface area contributed by atoms with Crippen LogP contribution in [-0.4, -0.2) is 17.6 Å². The number of pyridine rings is 1. The molecule has 0 saturated carbocycles. The van der Waals surface area contributed by atoms with Crippen LogP contribution in [0.15, 0.2) is 42.7 Å².